The van der Waals surface area contributed by atoms with Crippen molar-refractivity contribution in [1.29, 1.82) is 0 Å². The summed E-state index contributed by atoms with van der Waals surface area (Å²) < 4.78 is 0. The van der Waals surface area contributed by atoms with Gasteiger partial charge in [-0.25, -0.2) is 4.79 Å². The van der Waals surface area contributed by atoms with E-state index in [4.69, 9.17) is 10.8 Å². The largest absolute Gasteiger partial charge is 0.465 e. The summed E-state index contributed by atoms with van der Waals surface area (Å²) >= 11 is 0. The molecule has 0 aromatic carbocycles. The van der Waals surface area contributed by atoms with Crippen molar-refractivity contribution in [2.45, 2.75) is 6.42 Å². The molecule has 0 saturated carbocycles. The smallest absolute Gasteiger partial charge is 0.404 e. The summed E-state index contributed by atoms with van der Waals surface area (Å²) in [6, 6.07) is 0. The molecule has 0 aromatic heterocycles. The van der Waals surface area contributed by atoms with Gasteiger partial charge in [0.2, 0.25) is 0 Å². The summed E-state index contributed by atoms with van der Waals surface area (Å²) in [4.78, 5) is 9.86. The highest BCUT2D eigenvalue weighted by Crippen LogP contribution is 1.76. The molecule has 1 amide bonds. The second-order valence-corrected chi connectivity index (χ2v) is 1.73. The van der Waals surface area contributed by atoms with Crippen LogP contribution in [0, 0.1) is 0 Å². The number of nitrogens with one attached hydrogen (secondary N) is 1. The lowest BCUT2D eigenvalue weighted by Crippen LogP contribution is -2.20. The van der Waals surface area contributed by atoms with E-state index in [-0.39, 0.29) is 0 Å². The van der Waals surface area contributed by atoms with E-state index < -0.39 is 6.09 Å². The lowest BCUT2D eigenvalue weighted by Gasteiger charge is -1.91. The average Bonchev–Trinajstić information content (AvgIpc) is 1.87. The maximum atomic E-state index is 9.86. The van der Waals surface area contributed by atoms with Crippen LogP contribution in [0.25, 0.3) is 0 Å². The van der Waals surface area contributed by atoms with Crippen LogP contribution in [0.2, 0.25) is 0 Å². The Balaban J connectivity index is 3.10. The van der Waals surface area contributed by atoms with Crippen molar-refractivity contribution in [3.63, 3.8) is 0 Å². The van der Waals surface area contributed by atoms with Gasteiger partial charge in [0.15, 0.2) is 0 Å². The van der Waals surface area contributed by atoms with Crippen molar-refractivity contribution < 1.29 is 9.90 Å². The van der Waals surface area contributed by atoms with Crippen molar-refractivity contribution in [1.82, 2.24) is 5.32 Å². The predicted molar refractivity (Wildman–Crippen MR) is 38.8 cm³/mol. The Morgan fingerprint density at radius 3 is 2.80 bits per heavy atom. The molecule has 4 nitrogen and oxygen atoms in total. The molecule has 0 fully saturated rings. The molecule has 58 valence electrons. The number of rotatable bonds is 4. The van der Waals surface area contributed by atoms with Crippen LogP contribution in [-0.4, -0.2) is 24.3 Å². The van der Waals surface area contributed by atoms with Crippen LogP contribution in [-0.2, 0) is 0 Å². The van der Waals surface area contributed by atoms with Gasteiger partial charge in [0.1, 0.15) is 0 Å². The highest BCUT2D eigenvalue weighted by atomic mass is 16.4. The molecule has 0 atom stereocenters. The van der Waals surface area contributed by atoms with E-state index in [0.29, 0.717) is 13.1 Å². The van der Waals surface area contributed by atoms with E-state index in [0.717, 1.165) is 6.42 Å². The topological polar surface area (TPSA) is 75.3 Å². The number of carbonyl (C=O) groups is 1. The van der Waals surface area contributed by atoms with Gasteiger partial charge in [-0.1, -0.05) is 12.2 Å². The maximum Gasteiger partial charge on any atom is 0.404 e. The third-order valence-corrected chi connectivity index (χ3v) is 0.871. The standard InChI is InChI=1S/C6H12N2O2/c7-4-2-1-3-5-8-6(9)10/h1,3,8H,2,4-5,7H2,(H,9,10)/b3-1+. The van der Waals surface area contributed by atoms with E-state index in [1.165, 1.54) is 0 Å². The summed E-state index contributed by atoms with van der Waals surface area (Å²) in [6.07, 6.45) is 3.37. The molecule has 0 aromatic rings. The lowest BCUT2D eigenvalue weighted by molar-refractivity contribution is 0.195. The fourth-order valence-corrected chi connectivity index (χ4v) is 0.444. The van der Waals surface area contributed by atoms with Gasteiger partial charge in [-0.3, -0.25) is 0 Å². The first-order chi connectivity index (χ1) is 4.77. The molecule has 0 spiro atoms. The SMILES string of the molecule is NCC/C=C/CNC(=O)O. The highest BCUT2D eigenvalue weighted by molar-refractivity contribution is 5.64. The monoisotopic (exact) mass is 144 g/mol. The van der Waals surface area contributed by atoms with Gasteiger partial charge in [-0.05, 0) is 13.0 Å². The van der Waals surface area contributed by atoms with E-state index in [1.807, 2.05) is 6.08 Å². The Kier molecular flexibility index (Phi) is 5.47. The van der Waals surface area contributed by atoms with Gasteiger partial charge >= 0.3 is 6.09 Å². The van der Waals surface area contributed by atoms with Gasteiger partial charge in [-0.2, -0.15) is 0 Å². The minimum Gasteiger partial charge on any atom is -0.465 e. The molecule has 0 rings (SSSR count). The van der Waals surface area contributed by atoms with E-state index in [1.54, 1.807) is 6.08 Å². The second kappa shape index (κ2) is 6.10. The van der Waals surface area contributed by atoms with Crippen LogP contribution in [0.15, 0.2) is 12.2 Å². The molecule has 0 saturated heterocycles. The quantitative estimate of drug-likeness (QED) is 0.492. The molecular formula is C6H12N2O2. The van der Waals surface area contributed by atoms with E-state index >= 15 is 0 Å². The number of carboxylic acid groups (broad SMARTS) is 1. The molecule has 0 unspecified atom stereocenters. The van der Waals surface area contributed by atoms with Gasteiger partial charge in [0.05, 0.1) is 0 Å². The third kappa shape index (κ3) is 6.97. The Morgan fingerprint density at radius 1 is 1.60 bits per heavy atom. The summed E-state index contributed by atoms with van der Waals surface area (Å²) in [7, 11) is 0. The number of nitrogens with two attached hydrogens (primary N) is 1. The Morgan fingerprint density at radius 2 is 2.30 bits per heavy atom. The highest BCUT2D eigenvalue weighted by Gasteiger charge is 1.86. The van der Waals surface area contributed by atoms with Crippen molar-refractivity contribution in [3.8, 4) is 0 Å². The van der Waals surface area contributed by atoms with Crippen molar-refractivity contribution in [3.05, 3.63) is 12.2 Å². The summed E-state index contributed by atoms with van der Waals surface area (Å²) in [5, 5.41) is 10.3. The van der Waals surface area contributed by atoms with Gasteiger partial charge in [0, 0.05) is 6.54 Å². The molecule has 0 radical (unpaired) electrons. The molecule has 0 aliphatic carbocycles. The van der Waals surface area contributed by atoms with Crippen LogP contribution >= 0.6 is 0 Å². The summed E-state index contributed by atoms with van der Waals surface area (Å²) in [5.41, 5.74) is 5.18. The van der Waals surface area contributed by atoms with Crippen LogP contribution in [0.3, 0.4) is 0 Å². The van der Waals surface area contributed by atoms with Crippen molar-refractivity contribution >= 4 is 6.09 Å². The number of hydrogen-bond donors (Lipinski definition) is 3. The first kappa shape index (κ1) is 8.97. The zero-order valence-corrected chi connectivity index (χ0v) is 5.71. The summed E-state index contributed by atoms with van der Waals surface area (Å²) in [5.74, 6) is 0. The van der Waals surface area contributed by atoms with Crippen LogP contribution < -0.4 is 11.1 Å². The van der Waals surface area contributed by atoms with Crippen LogP contribution in [0.1, 0.15) is 6.42 Å². The zero-order valence-electron chi connectivity index (χ0n) is 5.71. The lowest BCUT2D eigenvalue weighted by atomic mass is 10.4. The fourth-order valence-electron chi connectivity index (χ4n) is 0.444. The van der Waals surface area contributed by atoms with Crippen LogP contribution in [0.5, 0.6) is 0 Å². The summed E-state index contributed by atoms with van der Waals surface area (Å²) in [6.45, 7) is 0.957. The molecule has 0 aliphatic rings. The Bertz CT molecular complexity index is 123. The third-order valence-electron chi connectivity index (χ3n) is 0.871. The first-order valence-corrected chi connectivity index (χ1v) is 3.09. The average molecular weight is 144 g/mol. The maximum absolute atomic E-state index is 9.86. The van der Waals surface area contributed by atoms with Gasteiger partial charge < -0.3 is 16.2 Å². The Labute approximate surface area is 59.7 Å². The molecule has 4 heteroatoms. The minimum atomic E-state index is -1.00. The van der Waals surface area contributed by atoms with Crippen LogP contribution in [0.4, 0.5) is 4.79 Å². The number of amides is 1. The van der Waals surface area contributed by atoms with E-state index in [2.05, 4.69) is 5.32 Å². The van der Waals surface area contributed by atoms with E-state index in [9.17, 15) is 4.79 Å². The minimum absolute atomic E-state index is 0.356. The van der Waals surface area contributed by atoms with Crippen molar-refractivity contribution in [2.24, 2.45) is 5.73 Å². The molecular weight excluding hydrogens is 132 g/mol. The predicted octanol–water partition coefficient (Wildman–Crippen LogP) is 0.159. The number of hydrogen-bond acceptors (Lipinski definition) is 2. The fraction of sp³-hybridized carbons (Fsp3) is 0.500. The molecule has 0 heterocycles. The van der Waals surface area contributed by atoms with Crippen molar-refractivity contribution in [2.75, 3.05) is 13.1 Å². The Hall–Kier alpha value is -1.03. The first-order valence-electron chi connectivity index (χ1n) is 3.09. The normalized spacial score (nSPS) is 10.1. The second-order valence-electron chi connectivity index (χ2n) is 1.73. The van der Waals surface area contributed by atoms with Gasteiger partial charge in [0.25, 0.3) is 0 Å². The zero-order chi connectivity index (χ0) is 7.82. The molecule has 4 N–H and O–H groups in total. The molecule has 0 aliphatic heterocycles. The molecule has 0 bridgehead atoms. The molecule has 10 heavy (non-hydrogen) atoms. The van der Waals surface area contributed by atoms with Gasteiger partial charge in [-0.15, -0.1) is 0 Å².